The first-order chi connectivity index (χ1) is 21.9. The number of methoxy groups -OCH3 is 1. The second-order valence-corrected chi connectivity index (χ2v) is 13.8. The molecule has 2 aliphatic heterocycles. The van der Waals surface area contributed by atoms with Gasteiger partial charge in [0.2, 0.25) is 11.8 Å². The van der Waals surface area contributed by atoms with Crippen LogP contribution in [0, 0.1) is 0 Å². The van der Waals surface area contributed by atoms with Crippen LogP contribution in [0.25, 0.3) is 10.9 Å². The lowest BCUT2D eigenvalue weighted by Crippen LogP contribution is -2.52. The average molecular weight is 631 g/mol. The predicted octanol–water partition coefficient (Wildman–Crippen LogP) is 5.21. The van der Waals surface area contributed by atoms with E-state index in [0.29, 0.717) is 29.2 Å². The highest BCUT2D eigenvalue weighted by Crippen LogP contribution is 2.39. The topological polar surface area (TPSA) is 99.1 Å². The van der Waals surface area contributed by atoms with Crippen LogP contribution in [0.2, 0.25) is 0 Å². The van der Waals surface area contributed by atoms with Gasteiger partial charge in [-0.15, -0.1) is 0 Å². The number of carbonyl (C=O) groups excluding carboxylic acids is 3. The SMILES string of the molecule is CCCC(=O)Nc1cc(C(C)(C)C)cc(NC(=O)c2cc3cccc(CN4CCN(C(=O)[C@@H]5CCCN5C)CC4)c3n2C)c1OC. The number of rotatable bonds is 9. The minimum absolute atomic E-state index is 0.0236. The quantitative estimate of drug-likeness (QED) is 0.337. The number of nitrogens with zero attached hydrogens (tertiary/aromatic N) is 4. The van der Waals surface area contributed by atoms with Crippen molar-refractivity contribution in [1.29, 1.82) is 0 Å². The van der Waals surface area contributed by atoms with Crippen LogP contribution in [-0.4, -0.2) is 89.9 Å². The summed E-state index contributed by atoms with van der Waals surface area (Å²) >= 11 is 0. The zero-order valence-electron chi connectivity index (χ0n) is 28.5. The third-order valence-corrected chi connectivity index (χ3v) is 9.41. The van der Waals surface area contributed by atoms with Gasteiger partial charge < -0.3 is 24.8 Å². The molecule has 2 saturated heterocycles. The maximum absolute atomic E-state index is 13.9. The number of nitrogens with one attached hydrogen (secondary N) is 2. The zero-order chi connectivity index (χ0) is 33.2. The van der Waals surface area contributed by atoms with Crippen molar-refractivity contribution in [3.05, 3.63) is 53.2 Å². The third kappa shape index (κ3) is 7.08. The highest BCUT2D eigenvalue weighted by Gasteiger charge is 2.33. The molecule has 0 radical (unpaired) electrons. The smallest absolute Gasteiger partial charge is 0.272 e. The van der Waals surface area contributed by atoms with Crippen molar-refractivity contribution in [2.24, 2.45) is 7.05 Å². The van der Waals surface area contributed by atoms with Crippen molar-refractivity contribution in [3.8, 4) is 5.75 Å². The van der Waals surface area contributed by atoms with Crippen molar-refractivity contribution >= 4 is 40.0 Å². The normalized spacial score (nSPS) is 17.8. The largest absolute Gasteiger partial charge is 0.492 e. The van der Waals surface area contributed by atoms with Gasteiger partial charge in [-0.05, 0) is 67.6 Å². The summed E-state index contributed by atoms with van der Waals surface area (Å²) < 4.78 is 7.70. The number of amides is 3. The van der Waals surface area contributed by atoms with E-state index in [1.54, 1.807) is 7.11 Å². The van der Waals surface area contributed by atoms with Crippen molar-refractivity contribution in [2.45, 2.75) is 71.4 Å². The molecule has 0 saturated carbocycles. The van der Waals surface area contributed by atoms with Gasteiger partial charge in [0.15, 0.2) is 5.75 Å². The standard InChI is InChI=1S/C36H50N6O4/c1-8-11-31(43)37-27-21-26(36(2,3)4)22-28(33(27)46-7)38-34(44)30-20-24-12-9-13-25(32(24)40(30)6)23-41-16-18-42(19-17-41)35(45)29-14-10-15-39(29)5/h9,12-13,20-22,29H,8,10-11,14-19,23H2,1-7H3,(H,37,43)(H,38,44)/t29-/m0/s1. The molecule has 2 fully saturated rings. The Morgan fingerprint density at radius 1 is 0.957 bits per heavy atom. The van der Waals surface area contributed by atoms with Gasteiger partial charge in [-0.25, -0.2) is 0 Å². The summed E-state index contributed by atoms with van der Waals surface area (Å²) in [7, 11) is 5.52. The van der Waals surface area contributed by atoms with Gasteiger partial charge in [0, 0.05) is 51.6 Å². The average Bonchev–Trinajstić information content (AvgIpc) is 3.60. The number of para-hydroxylation sites is 1. The molecule has 5 rings (SSSR count). The summed E-state index contributed by atoms with van der Waals surface area (Å²) in [4.78, 5) is 46.1. The number of likely N-dealkylation sites (tertiary alicyclic amines) is 1. The summed E-state index contributed by atoms with van der Waals surface area (Å²) in [6.45, 7) is 13.1. The van der Waals surface area contributed by atoms with Gasteiger partial charge in [0.05, 0.1) is 30.0 Å². The van der Waals surface area contributed by atoms with E-state index in [-0.39, 0.29) is 29.2 Å². The van der Waals surface area contributed by atoms with Gasteiger partial charge in [0.1, 0.15) is 5.69 Å². The number of benzene rings is 2. The van der Waals surface area contributed by atoms with Gasteiger partial charge in [-0.2, -0.15) is 0 Å². The van der Waals surface area contributed by atoms with Crippen LogP contribution in [-0.2, 0) is 28.6 Å². The van der Waals surface area contributed by atoms with Crippen LogP contribution in [0.15, 0.2) is 36.4 Å². The molecule has 2 aromatic carbocycles. The summed E-state index contributed by atoms with van der Waals surface area (Å²) in [5.74, 6) is 0.325. The number of ether oxygens (including phenoxy) is 1. The maximum Gasteiger partial charge on any atom is 0.272 e. The number of fused-ring (bicyclic) bond motifs is 1. The number of anilines is 2. The second-order valence-electron chi connectivity index (χ2n) is 13.8. The Morgan fingerprint density at radius 2 is 1.65 bits per heavy atom. The Bertz CT molecular complexity index is 1600. The van der Waals surface area contributed by atoms with Crippen molar-refractivity contribution in [2.75, 3.05) is 57.5 Å². The van der Waals surface area contributed by atoms with Crippen LogP contribution in [0.4, 0.5) is 11.4 Å². The first-order valence-electron chi connectivity index (χ1n) is 16.5. The van der Waals surface area contributed by atoms with E-state index in [4.69, 9.17) is 4.74 Å². The fourth-order valence-electron chi connectivity index (χ4n) is 6.74. The Labute approximate surface area is 273 Å². The zero-order valence-corrected chi connectivity index (χ0v) is 28.5. The van der Waals surface area contributed by atoms with E-state index >= 15 is 0 Å². The van der Waals surface area contributed by atoms with E-state index < -0.39 is 0 Å². The van der Waals surface area contributed by atoms with Gasteiger partial charge in [-0.3, -0.25) is 24.2 Å². The van der Waals surface area contributed by atoms with Gasteiger partial charge in [-0.1, -0.05) is 45.9 Å². The minimum atomic E-state index is -0.260. The Hall–Kier alpha value is -3.89. The predicted molar refractivity (Wildman–Crippen MR) is 184 cm³/mol. The van der Waals surface area contributed by atoms with E-state index in [1.165, 1.54) is 0 Å². The van der Waals surface area contributed by atoms with E-state index in [0.717, 1.165) is 80.6 Å². The number of piperazine rings is 1. The monoisotopic (exact) mass is 630 g/mol. The molecule has 0 aliphatic carbocycles. The van der Waals surface area contributed by atoms with Crippen LogP contribution in [0.1, 0.15) is 75.0 Å². The summed E-state index contributed by atoms with van der Waals surface area (Å²) in [5.41, 5.74) is 4.47. The van der Waals surface area contributed by atoms with Crippen molar-refractivity contribution in [1.82, 2.24) is 19.3 Å². The number of aromatic nitrogens is 1. The van der Waals surface area contributed by atoms with E-state index in [2.05, 4.69) is 47.3 Å². The molecule has 10 heteroatoms. The van der Waals surface area contributed by atoms with E-state index in [9.17, 15) is 14.4 Å². The Balaban J connectivity index is 1.35. The number of hydrogen-bond acceptors (Lipinski definition) is 6. The number of hydrogen-bond donors (Lipinski definition) is 2. The molecule has 1 aromatic heterocycles. The highest BCUT2D eigenvalue weighted by atomic mass is 16.5. The molecular formula is C36H50N6O4. The third-order valence-electron chi connectivity index (χ3n) is 9.41. The van der Waals surface area contributed by atoms with Crippen molar-refractivity contribution < 1.29 is 19.1 Å². The molecule has 2 N–H and O–H groups in total. The summed E-state index contributed by atoms with van der Waals surface area (Å²) in [5, 5.41) is 7.07. The van der Waals surface area contributed by atoms with Gasteiger partial charge >= 0.3 is 0 Å². The molecule has 1 atom stereocenters. The lowest BCUT2D eigenvalue weighted by atomic mass is 9.86. The molecule has 0 bridgehead atoms. The molecule has 3 amide bonds. The molecule has 46 heavy (non-hydrogen) atoms. The number of likely N-dealkylation sites (N-methyl/N-ethyl adjacent to an activating group) is 1. The van der Waals surface area contributed by atoms with Crippen LogP contribution in [0.3, 0.4) is 0 Å². The molecule has 0 spiro atoms. The lowest BCUT2D eigenvalue weighted by Gasteiger charge is -2.37. The molecule has 10 nitrogen and oxygen atoms in total. The molecular weight excluding hydrogens is 580 g/mol. The fraction of sp³-hybridized carbons (Fsp3) is 0.528. The first kappa shape index (κ1) is 33.5. The van der Waals surface area contributed by atoms with Gasteiger partial charge in [0.25, 0.3) is 5.91 Å². The highest BCUT2D eigenvalue weighted by molar-refractivity contribution is 6.08. The lowest BCUT2D eigenvalue weighted by molar-refractivity contribution is -0.137. The molecule has 3 aromatic rings. The van der Waals surface area contributed by atoms with Crippen LogP contribution < -0.4 is 15.4 Å². The first-order valence-corrected chi connectivity index (χ1v) is 16.5. The van der Waals surface area contributed by atoms with Crippen LogP contribution >= 0.6 is 0 Å². The number of carbonyl (C=O) groups is 3. The maximum atomic E-state index is 13.9. The van der Waals surface area contributed by atoms with E-state index in [1.807, 2.05) is 60.8 Å². The fourth-order valence-corrected chi connectivity index (χ4v) is 6.74. The molecule has 0 unspecified atom stereocenters. The summed E-state index contributed by atoms with van der Waals surface area (Å²) in [6, 6.07) is 12.0. The minimum Gasteiger partial charge on any atom is -0.492 e. The molecule has 2 aliphatic rings. The van der Waals surface area contributed by atoms with Crippen molar-refractivity contribution in [3.63, 3.8) is 0 Å². The Kier molecular flexibility index (Phi) is 10.1. The second kappa shape index (κ2) is 13.8. The van der Waals surface area contributed by atoms with Crippen LogP contribution in [0.5, 0.6) is 5.75 Å². The summed E-state index contributed by atoms with van der Waals surface area (Å²) in [6.07, 6.45) is 3.16. The molecule has 248 valence electrons. The molecule has 3 heterocycles. The Morgan fingerprint density at radius 3 is 2.26 bits per heavy atom. The number of aryl methyl sites for hydroxylation is 1.